The van der Waals surface area contributed by atoms with Gasteiger partial charge in [0.15, 0.2) is 4.96 Å². The first-order valence-corrected chi connectivity index (χ1v) is 6.03. The van der Waals surface area contributed by atoms with E-state index in [1.165, 1.54) is 12.1 Å². The molecule has 0 aliphatic rings. The first-order valence-electron chi connectivity index (χ1n) is 5.15. The number of benzene rings is 1. The van der Waals surface area contributed by atoms with Gasteiger partial charge < -0.3 is 5.73 Å². The highest BCUT2D eigenvalue weighted by Gasteiger charge is 2.13. The van der Waals surface area contributed by atoms with Crippen LogP contribution in [0.5, 0.6) is 0 Å². The van der Waals surface area contributed by atoms with E-state index in [0.717, 1.165) is 16.2 Å². The van der Waals surface area contributed by atoms with Gasteiger partial charge in [-0.05, 0) is 31.2 Å². The number of hydrogen-bond donors (Lipinski definition) is 1. The Labute approximate surface area is 101 Å². The van der Waals surface area contributed by atoms with Gasteiger partial charge in [0.2, 0.25) is 0 Å². The molecule has 2 aromatic heterocycles. The van der Waals surface area contributed by atoms with Crippen molar-refractivity contribution >= 4 is 22.1 Å². The van der Waals surface area contributed by atoms with E-state index < -0.39 is 0 Å². The highest BCUT2D eigenvalue weighted by molar-refractivity contribution is 7.15. The molecule has 0 radical (unpaired) electrons. The molecular weight excluding hydrogens is 237 g/mol. The molecule has 3 aromatic rings. The molecule has 0 bridgehead atoms. The van der Waals surface area contributed by atoms with E-state index in [4.69, 9.17) is 5.73 Å². The quantitative estimate of drug-likeness (QED) is 0.718. The Morgan fingerprint density at radius 2 is 2.00 bits per heavy atom. The fraction of sp³-hybridized carbons (Fsp3) is 0.0833. The molecule has 2 heterocycles. The molecule has 0 saturated carbocycles. The second-order valence-corrected chi connectivity index (χ2v) is 4.68. The van der Waals surface area contributed by atoms with Crippen LogP contribution < -0.4 is 5.73 Å². The first-order chi connectivity index (χ1) is 8.16. The highest BCUT2D eigenvalue weighted by Crippen LogP contribution is 2.29. The Morgan fingerprint density at radius 1 is 1.29 bits per heavy atom. The zero-order chi connectivity index (χ0) is 12.0. The lowest BCUT2D eigenvalue weighted by atomic mass is 10.1. The van der Waals surface area contributed by atoms with E-state index in [-0.39, 0.29) is 5.82 Å². The van der Waals surface area contributed by atoms with Gasteiger partial charge in [0.05, 0.1) is 0 Å². The summed E-state index contributed by atoms with van der Waals surface area (Å²) in [4.78, 5) is 5.33. The number of aromatic nitrogens is 2. The maximum atomic E-state index is 12.9. The lowest BCUT2D eigenvalue weighted by molar-refractivity contribution is 0.628. The normalized spacial score (nSPS) is 11.2. The standard InChI is InChI=1S/C12H10FN3S/c1-7-6-17-12-15-10(11(14)16(7)12)8-2-4-9(13)5-3-8/h2-6H,14H2,1H3. The van der Waals surface area contributed by atoms with Gasteiger partial charge in [-0.15, -0.1) is 11.3 Å². The summed E-state index contributed by atoms with van der Waals surface area (Å²) < 4.78 is 14.8. The lowest BCUT2D eigenvalue weighted by Gasteiger charge is -1.99. The van der Waals surface area contributed by atoms with E-state index in [1.54, 1.807) is 23.5 Å². The number of hydrogen-bond acceptors (Lipinski definition) is 3. The third-order valence-corrected chi connectivity index (χ3v) is 3.63. The van der Waals surface area contributed by atoms with Crippen LogP contribution in [0.3, 0.4) is 0 Å². The average molecular weight is 247 g/mol. The molecule has 0 amide bonds. The number of anilines is 1. The molecule has 0 spiro atoms. The number of nitrogen functional groups attached to an aromatic ring is 1. The van der Waals surface area contributed by atoms with Gasteiger partial charge in [0, 0.05) is 16.6 Å². The van der Waals surface area contributed by atoms with Gasteiger partial charge in [-0.1, -0.05) is 0 Å². The van der Waals surface area contributed by atoms with Crippen LogP contribution in [0.1, 0.15) is 5.69 Å². The Hall–Kier alpha value is -1.88. The molecule has 3 nitrogen and oxygen atoms in total. The van der Waals surface area contributed by atoms with Crippen LogP contribution in [0.4, 0.5) is 10.2 Å². The van der Waals surface area contributed by atoms with Crippen LogP contribution in [0, 0.1) is 12.7 Å². The van der Waals surface area contributed by atoms with Crippen molar-refractivity contribution in [2.45, 2.75) is 6.92 Å². The van der Waals surface area contributed by atoms with Crippen LogP contribution in [-0.2, 0) is 0 Å². The van der Waals surface area contributed by atoms with Gasteiger partial charge in [0.25, 0.3) is 0 Å². The summed E-state index contributed by atoms with van der Waals surface area (Å²) in [5.74, 6) is 0.342. The molecule has 1 aromatic carbocycles. The second-order valence-electron chi connectivity index (χ2n) is 3.85. The Morgan fingerprint density at radius 3 is 2.65 bits per heavy atom. The average Bonchev–Trinajstić information content (AvgIpc) is 2.83. The smallest absolute Gasteiger partial charge is 0.196 e. The van der Waals surface area contributed by atoms with Gasteiger partial charge in [-0.25, -0.2) is 9.37 Å². The Bertz CT molecular complexity index is 682. The third kappa shape index (κ3) is 1.51. The zero-order valence-electron chi connectivity index (χ0n) is 9.14. The number of rotatable bonds is 1. The van der Waals surface area contributed by atoms with Crippen LogP contribution in [0.2, 0.25) is 0 Å². The predicted octanol–water partition coefficient (Wildman–Crippen LogP) is 3.09. The lowest BCUT2D eigenvalue weighted by Crippen LogP contribution is -1.94. The Balaban J connectivity index is 2.23. The highest BCUT2D eigenvalue weighted by atomic mass is 32.1. The monoisotopic (exact) mass is 247 g/mol. The Kier molecular flexibility index (Phi) is 2.16. The fourth-order valence-electron chi connectivity index (χ4n) is 1.84. The van der Waals surface area contributed by atoms with Gasteiger partial charge in [-0.2, -0.15) is 0 Å². The second kappa shape index (κ2) is 3.56. The number of aryl methyl sites for hydroxylation is 1. The van der Waals surface area contributed by atoms with E-state index in [1.807, 2.05) is 16.7 Å². The minimum atomic E-state index is -0.260. The number of nitrogens with zero attached hydrogens (tertiary/aromatic N) is 2. The van der Waals surface area contributed by atoms with Crippen molar-refractivity contribution in [3.63, 3.8) is 0 Å². The third-order valence-electron chi connectivity index (χ3n) is 2.69. The van der Waals surface area contributed by atoms with Crippen molar-refractivity contribution in [2.24, 2.45) is 0 Å². The molecule has 5 heteroatoms. The molecule has 0 saturated heterocycles. The topological polar surface area (TPSA) is 43.3 Å². The van der Waals surface area contributed by atoms with Crippen molar-refractivity contribution in [1.82, 2.24) is 9.38 Å². The molecule has 0 aliphatic carbocycles. The first kappa shape index (κ1) is 10.3. The predicted molar refractivity (Wildman–Crippen MR) is 67.6 cm³/mol. The van der Waals surface area contributed by atoms with Crippen molar-refractivity contribution in [2.75, 3.05) is 5.73 Å². The number of imidazole rings is 1. The molecule has 0 aliphatic heterocycles. The summed E-state index contributed by atoms with van der Waals surface area (Å²) in [7, 11) is 0. The molecule has 2 N–H and O–H groups in total. The maximum Gasteiger partial charge on any atom is 0.196 e. The summed E-state index contributed by atoms with van der Waals surface area (Å²) in [6.45, 7) is 1.98. The van der Waals surface area contributed by atoms with Gasteiger partial charge >= 0.3 is 0 Å². The molecule has 86 valence electrons. The van der Waals surface area contributed by atoms with Crippen molar-refractivity contribution in [3.8, 4) is 11.3 Å². The van der Waals surface area contributed by atoms with Crippen LogP contribution in [-0.4, -0.2) is 9.38 Å². The summed E-state index contributed by atoms with van der Waals surface area (Å²) in [6, 6.07) is 6.20. The molecule has 0 unspecified atom stereocenters. The van der Waals surface area contributed by atoms with E-state index >= 15 is 0 Å². The van der Waals surface area contributed by atoms with Gasteiger partial charge in [0.1, 0.15) is 17.3 Å². The summed E-state index contributed by atoms with van der Waals surface area (Å²) >= 11 is 1.54. The number of nitrogens with two attached hydrogens (primary N) is 1. The molecule has 3 rings (SSSR count). The molecule has 0 fully saturated rings. The van der Waals surface area contributed by atoms with E-state index in [2.05, 4.69) is 4.98 Å². The maximum absolute atomic E-state index is 12.9. The zero-order valence-corrected chi connectivity index (χ0v) is 9.96. The molecule has 0 atom stereocenters. The van der Waals surface area contributed by atoms with Crippen LogP contribution in [0.25, 0.3) is 16.2 Å². The minimum absolute atomic E-state index is 0.260. The van der Waals surface area contributed by atoms with E-state index in [0.29, 0.717) is 11.5 Å². The van der Waals surface area contributed by atoms with E-state index in [9.17, 15) is 4.39 Å². The van der Waals surface area contributed by atoms with Gasteiger partial charge in [-0.3, -0.25) is 4.40 Å². The summed E-state index contributed by atoms with van der Waals surface area (Å²) in [5, 5.41) is 2.01. The number of fused-ring (bicyclic) bond motifs is 1. The minimum Gasteiger partial charge on any atom is -0.383 e. The molecular formula is C12H10FN3S. The van der Waals surface area contributed by atoms with Crippen LogP contribution >= 0.6 is 11.3 Å². The largest absolute Gasteiger partial charge is 0.383 e. The van der Waals surface area contributed by atoms with Crippen molar-refractivity contribution in [1.29, 1.82) is 0 Å². The number of thiazole rings is 1. The van der Waals surface area contributed by atoms with Crippen molar-refractivity contribution < 1.29 is 4.39 Å². The number of halogens is 1. The molecule has 17 heavy (non-hydrogen) atoms. The van der Waals surface area contributed by atoms with Crippen molar-refractivity contribution in [3.05, 3.63) is 41.2 Å². The SMILES string of the molecule is Cc1csc2nc(-c3ccc(F)cc3)c(N)n12. The van der Waals surface area contributed by atoms with Crippen LogP contribution in [0.15, 0.2) is 29.6 Å². The summed E-state index contributed by atoms with van der Waals surface area (Å²) in [5.41, 5.74) is 8.67. The fourth-order valence-corrected chi connectivity index (χ4v) is 2.72. The summed E-state index contributed by atoms with van der Waals surface area (Å²) in [6.07, 6.45) is 0.